The minimum absolute atomic E-state index is 1.09. The van der Waals surface area contributed by atoms with Crippen molar-refractivity contribution >= 4 is 27.6 Å². The van der Waals surface area contributed by atoms with Crippen LogP contribution in [0.2, 0.25) is 0 Å². The van der Waals surface area contributed by atoms with Crippen molar-refractivity contribution in [2.45, 2.75) is 12.5 Å². The second-order valence-electron chi connectivity index (χ2n) is 2.62. The molecule has 100 valence electrons. The fraction of sp³-hybridized carbons (Fsp3) is 0.500. The van der Waals surface area contributed by atoms with Crippen LogP contribution in [0.5, 0.6) is 0 Å². The number of nitrogens with two attached hydrogens (primary N) is 1. The Bertz CT molecular complexity index is 393. The van der Waals surface area contributed by atoms with Crippen LogP contribution in [0.3, 0.4) is 0 Å². The first-order valence-electron chi connectivity index (χ1n) is 3.70. The highest BCUT2D eigenvalue weighted by Gasteiger charge is 2.27. The maximum atomic E-state index is 10.8. The van der Waals surface area contributed by atoms with Gasteiger partial charge in [-0.25, -0.2) is 9.36 Å². The lowest BCUT2D eigenvalue weighted by Gasteiger charge is -2.27. The summed E-state index contributed by atoms with van der Waals surface area (Å²) >= 11 is 0. The first-order valence-corrected chi connectivity index (χ1v) is 6.69. The van der Waals surface area contributed by atoms with Gasteiger partial charge in [0.15, 0.2) is 0 Å². The molecule has 0 spiro atoms. The van der Waals surface area contributed by atoms with Gasteiger partial charge in [-0.05, 0) is 0 Å². The molecule has 0 radical (unpaired) electrons. The summed E-state index contributed by atoms with van der Waals surface area (Å²) in [4.78, 5) is 57.8. The molecule has 1 unspecified atom stereocenters. The summed E-state index contributed by atoms with van der Waals surface area (Å²) in [6, 6.07) is -1.87. The predicted molar refractivity (Wildman–Crippen MR) is 44.4 cm³/mol. The van der Waals surface area contributed by atoms with Crippen molar-refractivity contribution in [1.82, 2.24) is 0 Å². The molecule has 13 heteroatoms. The van der Waals surface area contributed by atoms with E-state index in [1.54, 1.807) is 0 Å². The number of hydrogen-bond donors (Lipinski definition) is 3. The summed E-state index contributed by atoms with van der Waals surface area (Å²) in [6.07, 6.45) is -1.09. The average Bonchev–Trinajstić information content (AvgIpc) is 1.95. The molecule has 0 saturated carbocycles. The van der Waals surface area contributed by atoms with Crippen LogP contribution in [0.4, 0.5) is 0 Å². The Morgan fingerprint density at radius 3 is 2.06 bits per heavy atom. The summed E-state index contributed by atoms with van der Waals surface area (Å²) in [5.41, 5.74) is 4.93. The first-order chi connectivity index (χ1) is 7.41. The van der Waals surface area contributed by atoms with Gasteiger partial charge in [0.1, 0.15) is 13.9 Å². The lowest BCUT2D eigenvalue weighted by Crippen LogP contribution is -2.35. The van der Waals surface area contributed by atoms with E-state index in [4.69, 9.17) is 15.5 Å². The zero-order valence-corrected chi connectivity index (χ0v) is 9.71. The summed E-state index contributed by atoms with van der Waals surface area (Å²) < 4.78 is 27.0. The average molecular weight is 291 g/mol. The highest BCUT2D eigenvalue weighted by Crippen LogP contribution is 2.36. The Balaban J connectivity index is 4.32. The van der Waals surface area contributed by atoms with Crippen LogP contribution in [0, 0.1) is 0 Å². The second-order valence-corrected chi connectivity index (χ2v) is 4.86. The minimum Gasteiger partial charge on any atom is -0.780 e. The summed E-state index contributed by atoms with van der Waals surface area (Å²) in [5.74, 6) is -3.30. The highest BCUT2D eigenvalue weighted by molar-refractivity contribution is 7.46. The van der Waals surface area contributed by atoms with Gasteiger partial charge in [0, 0.05) is 0 Å². The van der Waals surface area contributed by atoms with Crippen LogP contribution < -0.4 is 15.5 Å². The predicted octanol–water partition coefficient (Wildman–Crippen LogP) is -3.29. The van der Waals surface area contributed by atoms with Gasteiger partial charge in [0.2, 0.25) is 0 Å². The molecule has 0 fully saturated rings. The first kappa shape index (κ1) is 16.2. The molecule has 0 rings (SSSR count). The Kier molecular flexibility index (Phi) is 5.43. The topological polar surface area (TPSA) is 199 Å². The van der Waals surface area contributed by atoms with E-state index in [1.165, 1.54) is 0 Å². The third-order valence-corrected chi connectivity index (χ3v) is 1.96. The molecule has 0 aromatic carbocycles. The van der Waals surface area contributed by atoms with E-state index >= 15 is 0 Å². The molecule has 0 heterocycles. The van der Waals surface area contributed by atoms with Crippen molar-refractivity contribution < 1.29 is 47.3 Å². The lowest BCUT2D eigenvalue weighted by atomic mass is 10.2. The summed E-state index contributed by atoms with van der Waals surface area (Å²) in [5, 5.41) is 0. The van der Waals surface area contributed by atoms with E-state index in [0.717, 1.165) is 0 Å². The maximum Gasteiger partial charge on any atom is 0.527 e. The molecular formula is C4H7NO10P2-2. The van der Waals surface area contributed by atoms with E-state index in [-0.39, 0.29) is 0 Å². The quantitative estimate of drug-likeness (QED) is 0.428. The van der Waals surface area contributed by atoms with E-state index in [1.807, 2.05) is 0 Å². The summed E-state index contributed by atoms with van der Waals surface area (Å²) in [6.45, 7) is 0. The Labute approximate surface area is 94.0 Å². The molecule has 0 aliphatic heterocycles. The number of carbonyl (C=O) groups is 2. The van der Waals surface area contributed by atoms with Crippen LogP contribution in [0.25, 0.3) is 0 Å². The fourth-order valence-electron chi connectivity index (χ4n) is 0.610. The van der Waals surface area contributed by atoms with Crippen molar-refractivity contribution in [3.8, 4) is 0 Å². The number of phosphoric acid groups is 2. The van der Waals surface area contributed by atoms with Gasteiger partial charge in [-0.1, -0.05) is 0 Å². The third-order valence-electron chi connectivity index (χ3n) is 1.11. The van der Waals surface area contributed by atoms with Crippen molar-refractivity contribution in [2.24, 2.45) is 5.73 Å². The smallest absolute Gasteiger partial charge is 0.527 e. The van der Waals surface area contributed by atoms with Gasteiger partial charge < -0.3 is 29.1 Å². The second kappa shape index (κ2) is 5.69. The molecule has 0 aliphatic carbocycles. The molecule has 11 nitrogen and oxygen atoms in total. The third kappa shape index (κ3) is 8.95. The van der Waals surface area contributed by atoms with Gasteiger partial charge in [-0.15, -0.1) is 0 Å². The molecule has 0 bridgehead atoms. The number of rotatable bonds is 5. The van der Waals surface area contributed by atoms with Crippen LogP contribution in [0.1, 0.15) is 6.42 Å². The van der Waals surface area contributed by atoms with Crippen LogP contribution in [-0.4, -0.2) is 27.8 Å². The van der Waals surface area contributed by atoms with Gasteiger partial charge in [0.25, 0.3) is 0 Å². The molecule has 0 aromatic rings. The molecule has 0 saturated heterocycles. The van der Waals surface area contributed by atoms with E-state index in [9.17, 15) is 28.5 Å². The van der Waals surface area contributed by atoms with Crippen LogP contribution in [0.15, 0.2) is 0 Å². The van der Waals surface area contributed by atoms with Gasteiger partial charge in [0.05, 0.1) is 6.42 Å². The minimum atomic E-state index is -5.56. The Morgan fingerprint density at radius 2 is 1.71 bits per heavy atom. The van der Waals surface area contributed by atoms with E-state index in [2.05, 4.69) is 9.05 Å². The van der Waals surface area contributed by atoms with Crippen molar-refractivity contribution in [1.29, 1.82) is 0 Å². The zero-order chi connectivity index (χ0) is 13.9. The number of carbonyl (C=O) groups excluding carboxylic acids is 2. The maximum absolute atomic E-state index is 10.8. The largest absolute Gasteiger partial charge is 0.780 e. The van der Waals surface area contributed by atoms with E-state index in [0.29, 0.717) is 0 Å². The number of hydrogen-bond acceptors (Lipinski definition) is 9. The van der Waals surface area contributed by atoms with Gasteiger partial charge in [-0.2, -0.15) is 0 Å². The molecule has 0 amide bonds. The van der Waals surface area contributed by atoms with Crippen molar-refractivity contribution in [2.75, 3.05) is 0 Å². The molecular weight excluding hydrogens is 284 g/mol. The SMILES string of the molecule is NC(CC(=O)OP(=O)([O-])[O-])C(=O)OP(=O)(O)O. The highest BCUT2D eigenvalue weighted by atomic mass is 31.2. The normalized spacial score (nSPS) is 13.9. The van der Waals surface area contributed by atoms with Gasteiger partial charge in [-0.3, -0.25) is 14.6 Å². The Hall–Kier alpha value is -0.800. The van der Waals surface area contributed by atoms with Crippen LogP contribution in [-0.2, 0) is 27.8 Å². The Morgan fingerprint density at radius 1 is 1.24 bits per heavy atom. The molecule has 1 atom stereocenters. The van der Waals surface area contributed by atoms with Crippen molar-refractivity contribution in [3.63, 3.8) is 0 Å². The fourth-order valence-corrected chi connectivity index (χ4v) is 1.30. The molecule has 4 N–H and O–H groups in total. The standard InChI is InChI=1S/C4H9NO10P2/c5-2(4(7)15-17(11,12)13)1-3(6)14-16(8,9)10/h2H,1,5H2,(H2,8,9,10)(H2,11,12,13)/p-2. The molecule has 0 aliphatic rings. The summed E-state index contributed by atoms with van der Waals surface area (Å²) in [7, 11) is -10.7. The van der Waals surface area contributed by atoms with Crippen LogP contribution >= 0.6 is 15.6 Å². The molecule has 0 aromatic heterocycles. The van der Waals surface area contributed by atoms with Gasteiger partial charge >= 0.3 is 19.8 Å². The van der Waals surface area contributed by atoms with Crippen molar-refractivity contribution in [3.05, 3.63) is 0 Å². The lowest BCUT2D eigenvalue weighted by molar-refractivity contribution is -0.337. The zero-order valence-electron chi connectivity index (χ0n) is 7.92. The van der Waals surface area contributed by atoms with E-state index < -0.39 is 40.0 Å². The number of phosphoric ester groups is 2. The monoisotopic (exact) mass is 291 g/mol. The molecule has 17 heavy (non-hydrogen) atoms.